The van der Waals surface area contributed by atoms with Gasteiger partial charge in [0.25, 0.3) is 0 Å². The summed E-state index contributed by atoms with van der Waals surface area (Å²) in [6.07, 6.45) is 12.3. The van der Waals surface area contributed by atoms with E-state index in [0.29, 0.717) is 48.2 Å². The molecule has 9 atom stereocenters. The summed E-state index contributed by atoms with van der Waals surface area (Å²) >= 11 is 0. The summed E-state index contributed by atoms with van der Waals surface area (Å²) in [7, 11) is 1.80. The quantitative estimate of drug-likeness (QED) is 0.288. The van der Waals surface area contributed by atoms with E-state index in [4.69, 9.17) is 0 Å². The zero-order valence-corrected chi connectivity index (χ0v) is 30.9. The maximum atomic E-state index is 14.3. The molecule has 0 bridgehead atoms. The van der Waals surface area contributed by atoms with Crippen molar-refractivity contribution in [2.24, 2.45) is 56.7 Å². The topological polar surface area (TPSA) is 86.7 Å². The monoisotopic (exact) mass is 656 g/mol. The molecule has 0 heterocycles. The molecule has 4 unspecified atom stereocenters. The zero-order valence-electron chi connectivity index (χ0n) is 30.9. The van der Waals surface area contributed by atoms with Crippen molar-refractivity contribution in [3.05, 3.63) is 53.6 Å². The number of benzene rings is 1. The average molecular weight is 657 g/mol. The molecule has 6 nitrogen and oxygen atoms in total. The summed E-state index contributed by atoms with van der Waals surface area (Å²) in [5.74, 6) is 1.66. The van der Waals surface area contributed by atoms with Gasteiger partial charge in [-0.1, -0.05) is 65.0 Å². The number of carboxylic acid groups (broad SMARTS) is 1. The lowest BCUT2D eigenvalue weighted by atomic mass is 9.32. The van der Waals surface area contributed by atoms with Crippen LogP contribution in [0.1, 0.15) is 122 Å². The van der Waals surface area contributed by atoms with E-state index in [1.54, 1.807) is 31.0 Å². The molecule has 0 aliphatic heterocycles. The Labute approximate surface area is 289 Å². The SMILES string of the molecule is C=C(C)[C@@H]1CC[C@]2(C(=O)NCCN(C)C(C)=O)CC[C@]3(C)C(CCC4[C@@]5(C)CC=C(c6ccc(C(=O)O)cc6)C(C)(C)C5CC[C@]43C)C12. The number of hydrogen-bond donors (Lipinski definition) is 2. The number of carbonyl (C=O) groups excluding carboxylic acids is 2. The van der Waals surface area contributed by atoms with E-state index >= 15 is 0 Å². The van der Waals surface area contributed by atoms with Gasteiger partial charge in [-0.2, -0.15) is 0 Å². The Hall–Kier alpha value is -2.89. The number of fused-ring (bicyclic) bond motifs is 7. The number of hydrogen-bond acceptors (Lipinski definition) is 3. The normalized spacial score (nSPS) is 39.5. The van der Waals surface area contributed by atoms with Crippen LogP contribution in [0.15, 0.2) is 42.5 Å². The minimum absolute atomic E-state index is 0.0211. The largest absolute Gasteiger partial charge is 0.478 e. The number of nitrogens with one attached hydrogen (secondary N) is 1. The van der Waals surface area contributed by atoms with Crippen molar-refractivity contribution in [3.8, 4) is 0 Å². The predicted octanol–water partition coefficient (Wildman–Crippen LogP) is 8.63. The maximum absolute atomic E-state index is 14.3. The summed E-state index contributed by atoms with van der Waals surface area (Å²) in [5, 5.41) is 12.8. The van der Waals surface area contributed by atoms with Gasteiger partial charge in [-0.3, -0.25) is 9.59 Å². The molecule has 6 heteroatoms. The van der Waals surface area contributed by atoms with Crippen molar-refractivity contribution < 1.29 is 19.5 Å². The second-order valence-electron chi connectivity index (χ2n) is 18.0. The fraction of sp³-hybridized carbons (Fsp3) is 0.690. The van der Waals surface area contributed by atoms with E-state index in [1.165, 1.54) is 36.8 Å². The van der Waals surface area contributed by atoms with Crippen LogP contribution in [0, 0.1) is 56.7 Å². The molecule has 262 valence electrons. The highest BCUT2D eigenvalue weighted by molar-refractivity contribution is 5.88. The third kappa shape index (κ3) is 4.96. The Morgan fingerprint density at radius 3 is 2.21 bits per heavy atom. The van der Waals surface area contributed by atoms with Crippen LogP contribution >= 0.6 is 0 Å². The highest BCUT2D eigenvalue weighted by Crippen LogP contribution is 2.77. The Bertz CT molecular complexity index is 1530. The first kappa shape index (κ1) is 35.0. The Morgan fingerprint density at radius 2 is 1.58 bits per heavy atom. The van der Waals surface area contributed by atoms with Crippen LogP contribution in [0.5, 0.6) is 0 Å². The number of amides is 2. The number of allylic oxidation sites excluding steroid dienone is 3. The lowest BCUT2D eigenvalue weighted by Gasteiger charge is -2.72. The fourth-order valence-corrected chi connectivity index (χ4v) is 13.1. The van der Waals surface area contributed by atoms with Crippen molar-refractivity contribution in [2.45, 2.75) is 106 Å². The Morgan fingerprint density at radius 1 is 0.896 bits per heavy atom. The van der Waals surface area contributed by atoms with Gasteiger partial charge in [0.2, 0.25) is 11.8 Å². The van der Waals surface area contributed by atoms with Gasteiger partial charge in [-0.25, -0.2) is 4.79 Å². The van der Waals surface area contributed by atoms with Crippen LogP contribution in [0.4, 0.5) is 0 Å². The molecule has 0 aromatic heterocycles. The van der Waals surface area contributed by atoms with Gasteiger partial charge in [0, 0.05) is 27.1 Å². The molecular formula is C42H60N2O4. The van der Waals surface area contributed by atoms with Gasteiger partial charge in [0.15, 0.2) is 0 Å². The van der Waals surface area contributed by atoms with Crippen molar-refractivity contribution in [1.29, 1.82) is 0 Å². The van der Waals surface area contributed by atoms with Gasteiger partial charge in [0.1, 0.15) is 0 Å². The standard InChI is InChI=1S/C42H60N2O4/c1-26(2)30-16-21-42(37(48)43-24-25-44(9)27(3)45)23-22-40(7)32(35(30)42)14-15-34-39(6)19-17-31(28-10-12-29(13-11-28)36(46)47)38(4,5)33(39)18-20-41(34,40)8/h10-13,17,30,32-35H,1,14-16,18-25H2,2-9H3,(H,43,48)(H,46,47)/t30-,32?,33?,34?,35?,39-,40+,41+,42-/m0/s1. The van der Waals surface area contributed by atoms with Crippen molar-refractivity contribution >= 4 is 23.4 Å². The number of nitrogens with zero attached hydrogens (tertiary/aromatic N) is 1. The molecule has 2 N–H and O–H groups in total. The van der Waals surface area contributed by atoms with Gasteiger partial charge in [-0.15, -0.1) is 0 Å². The van der Waals surface area contributed by atoms with E-state index in [0.717, 1.165) is 37.7 Å². The molecule has 6 rings (SSSR count). The van der Waals surface area contributed by atoms with Crippen LogP contribution in [0.3, 0.4) is 0 Å². The Kier molecular flexibility index (Phi) is 8.64. The number of rotatable bonds is 7. The van der Waals surface area contributed by atoms with E-state index in [1.807, 2.05) is 12.1 Å². The van der Waals surface area contributed by atoms with Crippen molar-refractivity contribution in [3.63, 3.8) is 0 Å². The minimum Gasteiger partial charge on any atom is -0.478 e. The van der Waals surface area contributed by atoms with Crippen LogP contribution in [0.2, 0.25) is 0 Å². The number of carboxylic acids is 1. The van der Waals surface area contributed by atoms with Crippen LogP contribution < -0.4 is 5.32 Å². The van der Waals surface area contributed by atoms with E-state index in [2.05, 4.69) is 59.5 Å². The molecule has 5 aliphatic carbocycles. The van der Waals surface area contributed by atoms with E-state index in [-0.39, 0.29) is 38.9 Å². The molecule has 4 saturated carbocycles. The third-order valence-electron chi connectivity index (χ3n) is 15.8. The third-order valence-corrected chi connectivity index (χ3v) is 15.8. The molecule has 1 aromatic rings. The van der Waals surface area contributed by atoms with Gasteiger partial charge < -0.3 is 15.3 Å². The fourth-order valence-electron chi connectivity index (χ4n) is 13.1. The van der Waals surface area contributed by atoms with Gasteiger partial charge in [0.05, 0.1) is 11.0 Å². The molecular weight excluding hydrogens is 596 g/mol. The summed E-state index contributed by atoms with van der Waals surface area (Å²) < 4.78 is 0. The molecule has 5 aliphatic rings. The van der Waals surface area contributed by atoms with E-state index < -0.39 is 5.97 Å². The Balaban J connectivity index is 1.31. The number of likely N-dealkylation sites (N-methyl/N-ethyl adjacent to an activating group) is 1. The highest BCUT2D eigenvalue weighted by atomic mass is 16.4. The second kappa shape index (κ2) is 11.9. The summed E-state index contributed by atoms with van der Waals surface area (Å²) in [6, 6.07) is 7.50. The first-order valence-corrected chi connectivity index (χ1v) is 18.6. The lowest BCUT2D eigenvalue weighted by Crippen LogP contribution is -2.66. The minimum atomic E-state index is -0.882. The summed E-state index contributed by atoms with van der Waals surface area (Å²) in [5.41, 5.74) is 4.21. The number of aromatic carboxylic acids is 1. The van der Waals surface area contributed by atoms with Gasteiger partial charge >= 0.3 is 5.97 Å². The number of carbonyl (C=O) groups is 3. The first-order chi connectivity index (χ1) is 22.4. The molecule has 0 radical (unpaired) electrons. The van der Waals surface area contributed by atoms with Crippen LogP contribution in [0.25, 0.3) is 5.57 Å². The molecule has 1 aromatic carbocycles. The summed E-state index contributed by atoms with van der Waals surface area (Å²) in [6.45, 7) is 22.0. The van der Waals surface area contributed by atoms with Gasteiger partial charge in [-0.05, 0) is 139 Å². The molecule has 4 fully saturated rings. The molecule has 0 saturated heterocycles. The first-order valence-electron chi connectivity index (χ1n) is 18.6. The van der Waals surface area contributed by atoms with Crippen molar-refractivity contribution in [1.82, 2.24) is 10.2 Å². The average Bonchev–Trinajstić information content (AvgIpc) is 3.42. The molecule has 0 spiro atoms. The highest BCUT2D eigenvalue weighted by Gasteiger charge is 2.71. The van der Waals surface area contributed by atoms with Crippen LogP contribution in [-0.4, -0.2) is 47.9 Å². The van der Waals surface area contributed by atoms with Crippen LogP contribution in [-0.2, 0) is 9.59 Å². The smallest absolute Gasteiger partial charge is 0.335 e. The summed E-state index contributed by atoms with van der Waals surface area (Å²) in [4.78, 5) is 39.3. The van der Waals surface area contributed by atoms with Crippen molar-refractivity contribution in [2.75, 3.05) is 20.1 Å². The molecule has 2 amide bonds. The lowest BCUT2D eigenvalue weighted by molar-refractivity contribution is -0.225. The maximum Gasteiger partial charge on any atom is 0.335 e. The molecule has 48 heavy (non-hydrogen) atoms. The zero-order chi connectivity index (χ0) is 35.0. The predicted molar refractivity (Wildman–Crippen MR) is 192 cm³/mol. The van der Waals surface area contributed by atoms with E-state index in [9.17, 15) is 19.5 Å². The second-order valence-corrected chi connectivity index (χ2v) is 18.0.